The number of amides is 2. The molecular formula is C27H28FN3O3. The van der Waals surface area contributed by atoms with E-state index < -0.39 is 11.4 Å². The third-order valence-electron chi connectivity index (χ3n) is 6.63. The van der Waals surface area contributed by atoms with Crippen LogP contribution in [0.25, 0.3) is 11.1 Å². The van der Waals surface area contributed by atoms with Crippen molar-refractivity contribution in [1.82, 2.24) is 10.2 Å². The number of anilines is 1. The summed E-state index contributed by atoms with van der Waals surface area (Å²) in [5, 5.41) is 5.70. The monoisotopic (exact) mass is 461 g/mol. The Morgan fingerprint density at radius 3 is 2.62 bits per heavy atom. The Bertz CT molecular complexity index is 1210. The first-order valence-electron chi connectivity index (χ1n) is 11.7. The maximum absolute atomic E-state index is 13.6. The molecule has 34 heavy (non-hydrogen) atoms. The number of nitrogens with one attached hydrogen (secondary N) is 2. The summed E-state index contributed by atoms with van der Waals surface area (Å²) in [5.41, 5.74) is 3.20. The first-order valence-corrected chi connectivity index (χ1v) is 11.7. The number of carbonyl (C=O) groups excluding carboxylic acids is 2. The van der Waals surface area contributed by atoms with Gasteiger partial charge in [0.25, 0.3) is 11.8 Å². The average Bonchev–Trinajstić information content (AvgIpc) is 3.50. The molecule has 0 bridgehead atoms. The summed E-state index contributed by atoms with van der Waals surface area (Å²) in [6.45, 7) is 7.60. The number of halogens is 1. The fourth-order valence-corrected chi connectivity index (χ4v) is 4.85. The van der Waals surface area contributed by atoms with Crippen LogP contribution in [-0.4, -0.2) is 48.5 Å². The largest absolute Gasteiger partial charge is 0.482 e. The molecule has 6 nitrogen and oxygen atoms in total. The normalized spacial score (nSPS) is 21.1. The van der Waals surface area contributed by atoms with E-state index in [0.717, 1.165) is 30.8 Å². The summed E-state index contributed by atoms with van der Waals surface area (Å²) in [7, 11) is 0. The van der Waals surface area contributed by atoms with E-state index >= 15 is 0 Å². The molecular weight excluding hydrogens is 433 g/mol. The number of rotatable bonds is 5. The SMILES string of the molecule is CC1(C)O/C(=C2/C(=O)Nc3cc(F)ccc32)C=C1c1ccc(C(=O)NCCN2CCCC2)cc1. The van der Waals surface area contributed by atoms with Crippen LogP contribution >= 0.6 is 0 Å². The highest BCUT2D eigenvalue weighted by atomic mass is 19.1. The number of hydrogen-bond donors (Lipinski definition) is 2. The van der Waals surface area contributed by atoms with Crippen molar-refractivity contribution >= 4 is 28.6 Å². The summed E-state index contributed by atoms with van der Waals surface area (Å²) in [6, 6.07) is 11.6. The number of nitrogens with zero attached hydrogens (tertiary/aromatic N) is 1. The van der Waals surface area contributed by atoms with E-state index in [9.17, 15) is 14.0 Å². The number of carbonyl (C=O) groups is 2. The smallest absolute Gasteiger partial charge is 0.260 e. The molecule has 1 fully saturated rings. The average molecular weight is 462 g/mol. The fraction of sp³-hybridized carbons (Fsp3) is 0.333. The van der Waals surface area contributed by atoms with Crippen LogP contribution in [-0.2, 0) is 9.53 Å². The molecule has 0 unspecified atom stereocenters. The zero-order chi connectivity index (χ0) is 23.9. The Balaban J connectivity index is 1.35. The second kappa shape index (κ2) is 8.72. The second-order valence-corrected chi connectivity index (χ2v) is 9.44. The zero-order valence-electron chi connectivity index (χ0n) is 19.4. The van der Waals surface area contributed by atoms with E-state index in [4.69, 9.17) is 4.74 Å². The van der Waals surface area contributed by atoms with Crippen molar-refractivity contribution in [2.75, 3.05) is 31.5 Å². The van der Waals surface area contributed by atoms with Gasteiger partial charge in [0.15, 0.2) is 0 Å². The highest BCUT2D eigenvalue weighted by Crippen LogP contribution is 2.44. The maximum atomic E-state index is 13.6. The van der Waals surface area contributed by atoms with Crippen molar-refractivity contribution in [3.63, 3.8) is 0 Å². The van der Waals surface area contributed by atoms with Gasteiger partial charge in [-0.2, -0.15) is 0 Å². The van der Waals surface area contributed by atoms with E-state index in [0.29, 0.717) is 34.7 Å². The van der Waals surface area contributed by atoms with Crippen LogP contribution in [0.4, 0.5) is 10.1 Å². The van der Waals surface area contributed by atoms with Gasteiger partial charge >= 0.3 is 0 Å². The Morgan fingerprint density at radius 2 is 1.88 bits per heavy atom. The second-order valence-electron chi connectivity index (χ2n) is 9.44. The first kappa shape index (κ1) is 22.3. The Hall–Kier alpha value is -3.45. The summed E-state index contributed by atoms with van der Waals surface area (Å²) in [5.74, 6) is -0.359. The lowest BCUT2D eigenvalue weighted by atomic mass is 9.91. The van der Waals surface area contributed by atoms with Gasteiger partial charge in [-0.3, -0.25) is 9.59 Å². The molecule has 3 aliphatic heterocycles. The van der Waals surface area contributed by atoms with E-state index in [1.165, 1.54) is 25.0 Å². The topological polar surface area (TPSA) is 70.7 Å². The molecule has 2 N–H and O–H groups in total. The lowest BCUT2D eigenvalue weighted by Gasteiger charge is -2.23. The lowest BCUT2D eigenvalue weighted by molar-refractivity contribution is -0.111. The van der Waals surface area contributed by atoms with Crippen LogP contribution in [0.3, 0.4) is 0 Å². The fourth-order valence-electron chi connectivity index (χ4n) is 4.85. The van der Waals surface area contributed by atoms with Crippen molar-refractivity contribution < 1.29 is 18.7 Å². The molecule has 0 saturated carbocycles. The molecule has 2 aromatic rings. The van der Waals surface area contributed by atoms with E-state index in [2.05, 4.69) is 15.5 Å². The maximum Gasteiger partial charge on any atom is 0.260 e. The molecule has 1 saturated heterocycles. The molecule has 3 heterocycles. The van der Waals surface area contributed by atoms with Crippen molar-refractivity contribution in [2.45, 2.75) is 32.3 Å². The van der Waals surface area contributed by atoms with Crippen molar-refractivity contribution in [1.29, 1.82) is 0 Å². The molecule has 7 heteroatoms. The predicted octanol–water partition coefficient (Wildman–Crippen LogP) is 4.21. The Kier molecular flexibility index (Phi) is 5.73. The third kappa shape index (κ3) is 4.23. The summed E-state index contributed by atoms with van der Waals surface area (Å²) in [4.78, 5) is 27.5. The minimum atomic E-state index is -0.676. The van der Waals surface area contributed by atoms with Gasteiger partial charge in [0.2, 0.25) is 0 Å². The number of hydrogen-bond acceptors (Lipinski definition) is 4. The highest BCUT2D eigenvalue weighted by molar-refractivity contribution is 6.32. The number of ether oxygens (including phenoxy) is 1. The van der Waals surface area contributed by atoms with E-state index in [-0.39, 0.29) is 11.8 Å². The zero-order valence-corrected chi connectivity index (χ0v) is 19.4. The molecule has 176 valence electrons. The van der Waals surface area contributed by atoms with Gasteiger partial charge in [-0.15, -0.1) is 0 Å². The minimum Gasteiger partial charge on any atom is -0.482 e. The number of allylic oxidation sites excluding steroid dienone is 1. The summed E-state index contributed by atoms with van der Waals surface area (Å²) < 4.78 is 19.8. The van der Waals surface area contributed by atoms with Crippen molar-refractivity contribution in [2.24, 2.45) is 0 Å². The van der Waals surface area contributed by atoms with Gasteiger partial charge in [0.05, 0.1) is 11.3 Å². The quantitative estimate of drug-likeness (QED) is 0.655. The van der Waals surface area contributed by atoms with E-state index in [1.54, 1.807) is 6.07 Å². The Morgan fingerprint density at radius 1 is 1.15 bits per heavy atom. The van der Waals surface area contributed by atoms with Crippen LogP contribution in [0.1, 0.15) is 48.2 Å². The van der Waals surface area contributed by atoms with Gasteiger partial charge in [-0.1, -0.05) is 12.1 Å². The lowest BCUT2D eigenvalue weighted by Crippen LogP contribution is -2.33. The van der Waals surface area contributed by atoms with Crippen molar-refractivity contribution in [3.05, 3.63) is 76.8 Å². The molecule has 2 amide bonds. The number of fused-ring (bicyclic) bond motifs is 1. The van der Waals surface area contributed by atoms with Crippen LogP contribution in [0.2, 0.25) is 0 Å². The van der Waals surface area contributed by atoms with Gasteiger partial charge in [0.1, 0.15) is 17.2 Å². The predicted molar refractivity (Wildman–Crippen MR) is 130 cm³/mol. The summed E-state index contributed by atoms with van der Waals surface area (Å²) >= 11 is 0. The van der Waals surface area contributed by atoms with Crippen LogP contribution in [0.15, 0.2) is 54.3 Å². The number of likely N-dealkylation sites (tertiary alicyclic amines) is 1. The Labute approximate surface area is 198 Å². The molecule has 0 atom stereocenters. The van der Waals surface area contributed by atoms with Crippen LogP contribution in [0, 0.1) is 5.82 Å². The van der Waals surface area contributed by atoms with Gasteiger partial charge in [0, 0.05) is 29.8 Å². The van der Waals surface area contributed by atoms with Gasteiger partial charge in [-0.05, 0) is 81.7 Å². The number of benzene rings is 2. The van der Waals surface area contributed by atoms with Crippen molar-refractivity contribution in [3.8, 4) is 0 Å². The molecule has 2 aromatic carbocycles. The minimum absolute atomic E-state index is 0.0871. The summed E-state index contributed by atoms with van der Waals surface area (Å²) in [6.07, 6.45) is 4.33. The van der Waals surface area contributed by atoms with Crippen LogP contribution < -0.4 is 10.6 Å². The van der Waals surface area contributed by atoms with Gasteiger partial charge < -0.3 is 20.3 Å². The van der Waals surface area contributed by atoms with Gasteiger partial charge in [-0.25, -0.2) is 4.39 Å². The van der Waals surface area contributed by atoms with Crippen LogP contribution in [0.5, 0.6) is 0 Å². The standard InChI is InChI=1S/C27H28FN3O3/c1-27(2)21(16-23(34-27)24-20-10-9-19(28)15-22(20)30-26(24)33)17-5-7-18(8-6-17)25(32)29-11-14-31-12-3-4-13-31/h5-10,15-16H,3-4,11-14H2,1-2H3,(H,29,32)(H,30,33)/b24-23+. The molecule has 0 radical (unpaired) electrons. The highest BCUT2D eigenvalue weighted by Gasteiger charge is 2.38. The molecule has 0 spiro atoms. The molecule has 0 aliphatic carbocycles. The first-order chi connectivity index (χ1) is 16.3. The molecule has 0 aromatic heterocycles. The third-order valence-corrected chi connectivity index (χ3v) is 6.63. The molecule has 5 rings (SSSR count). The van der Waals surface area contributed by atoms with E-state index in [1.807, 2.05) is 44.2 Å². The molecule has 3 aliphatic rings.